The summed E-state index contributed by atoms with van der Waals surface area (Å²) in [6.45, 7) is 4.46. The Morgan fingerprint density at radius 3 is 2.62 bits per heavy atom. The highest BCUT2D eigenvalue weighted by Gasteiger charge is 2.49. The quantitative estimate of drug-likeness (QED) is 0.0352. The average Bonchev–Trinajstić information content (AvgIpc) is 4.05. The number of aromatic nitrogens is 1. The average molecular weight is 913 g/mol. The topological polar surface area (TPSA) is 166 Å². The summed E-state index contributed by atoms with van der Waals surface area (Å²) in [5.74, 6) is 3.92. The summed E-state index contributed by atoms with van der Waals surface area (Å²) in [5, 5.41) is 4.72. The smallest absolute Gasteiger partial charge is 0.255 e. The number of ether oxygens (including phenoxy) is 1. The molecule has 3 amide bonds. The second-order valence-electron chi connectivity index (χ2n) is 18.6. The number of fused-ring (bicyclic) bond motifs is 1. The Morgan fingerprint density at radius 2 is 1.88 bits per heavy atom. The molecule has 8 rings (SSSR count). The maximum Gasteiger partial charge on any atom is 0.255 e. The second-order valence-corrected chi connectivity index (χ2v) is 22.0. The van der Waals surface area contributed by atoms with Gasteiger partial charge in [-0.25, -0.2) is 19.2 Å². The minimum Gasteiger partial charge on any atom is -0.475 e. The van der Waals surface area contributed by atoms with Gasteiger partial charge in [-0.05, 0) is 100 Å². The van der Waals surface area contributed by atoms with Gasteiger partial charge in [-0.15, -0.1) is 16.3 Å². The number of carbonyl (C=O) groups excluding carboxylic acids is 3. The van der Waals surface area contributed by atoms with Crippen LogP contribution in [0.4, 0.5) is 11.4 Å². The predicted octanol–water partition coefficient (Wildman–Crippen LogP) is 8.19. The Kier molecular flexibility index (Phi) is 14.6. The third kappa shape index (κ3) is 11.1. The fraction of sp³-hybridized carbons (Fsp3) is 0.551. The maximum atomic E-state index is 14.4. The number of primary amides is 1. The number of nitrogens with zero attached hydrogens (tertiary/aromatic N) is 4. The van der Waals surface area contributed by atoms with Crippen molar-refractivity contribution in [2.24, 2.45) is 28.5 Å². The van der Waals surface area contributed by atoms with Crippen molar-refractivity contribution in [3.05, 3.63) is 77.3 Å². The van der Waals surface area contributed by atoms with Crippen LogP contribution in [-0.4, -0.2) is 79.7 Å². The number of hydroxylamine groups is 1. The monoisotopic (exact) mass is 912 g/mol. The Morgan fingerprint density at radius 1 is 1.08 bits per heavy atom. The Hall–Kier alpha value is -4.57. The lowest BCUT2D eigenvalue weighted by Crippen LogP contribution is -2.49. The zero-order valence-electron chi connectivity index (χ0n) is 37.3. The number of amides is 3. The number of hydrogen-bond donors (Lipinski definition) is 2. The van der Waals surface area contributed by atoms with Crippen LogP contribution in [0, 0.1) is 17.8 Å². The van der Waals surface area contributed by atoms with E-state index >= 15 is 0 Å². The van der Waals surface area contributed by atoms with Gasteiger partial charge in [0.05, 0.1) is 44.5 Å². The minimum atomic E-state index is -2.64. The number of likely N-dealkylation sites (tertiary alicyclic amines) is 1. The molecule has 3 aliphatic carbocycles. The molecule has 3 aromatic rings. The molecule has 5 aliphatic rings. The van der Waals surface area contributed by atoms with E-state index in [1.54, 1.807) is 16.4 Å². The van der Waals surface area contributed by atoms with Gasteiger partial charge < -0.3 is 15.4 Å². The molecule has 344 valence electrons. The molecular formula is C49H64N6O7S2. The van der Waals surface area contributed by atoms with Crippen LogP contribution >= 0.6 is 11.3 Å². The molecule has 3 saturated carbocycles. The highest BCUT2D eigenvalue weighted by atomic mass is 32.2. The molecule has 4 unspecified atom stereocenters. The predicted molar refractivity (Wildman–Crippen MR) is 253 cm³/mol. The van der Waals surface area contributed by atoms with Gasteiger partial charge in [0.1, 0.15) is 17.2 Å². The van der Waals surface area contributed by atoms with Crippen LogP contribution in [0.5, 0.6) is 0 Å². The van der Waals surface area contributed by atoms with Gasteiger partial charge in [0.15, 0.2) is 12.0 Å². The lowest BCUT2D eigenvalue weighted by molar-refractivity contribution is -0.327. The van der Waals surface area contributed by atoms with Crippen molar-refractivity contribution >= 4 is 61.9 Å². The van der Waals surface area contributed by atoms with Crippen molar-refractivity contribution in [1.29, 1.82) is 0 Å². The Bertz CT molecular complexity index is 2310. The number of carbonyl (C=O) groups is 3. The first kappa shape index (κ1) is 46.0. The van der Waals surface area contributed by atoms with Gasteiger partial charge in [0.25, 0.3) is 5.91 Å². The van der Waals surface area contributed by atoms with Gasteiger partial charge in [0, 0.05) is 29.8 Å². The van der Waals surface area contributed by atoms with E-state index in [1.165, 1.54) is 37.0 Å². The Balaban J connectivity index is 0.867. The largest absolute Gasteiger partial charge is 0.475 e. The van der Waals surface area contributed by atoms with E-state index in [1.807, 2.05) is 50.2 Å². The molecule has 0 spiro atoms. The number of rotatable bonds is 21. The van der Waals surface area contributed by atoms with Crippen molar-refractivity contribution < 1.29 is 33.2 Å². The van der Waals surface area contributed by atoms with Crippen LogP contribution in [0.1, 0.15) is 115 Å². The van der Waals surface area contributed by atoms with Crippen LogP contribution in [-0.2, 0) is 51.5 Å². The van der Waals surface area contributed by atoms with Gasteiger partial charge >= 0.3 is 0 Å². The zero-order chi connectivity index (χ0) is 44.8. The third-order valence-corrected chi connectivity index (χ3v) is 17.1. The van der Waals surface area contributed by atoms with Crippen LogP contribution < -0.4 is 15.5 Å². The summed E-state index contributed by atoms with van der Waals surface area (Å²) in [5.41, 5.74) is 10.8. The van der Waals surface area contributed by atoms with Crippen molar-refractivity contribution in [3.63, 3.8) is 0 Å². The summed E-state index contributed by atoms with van der Waals surface area (Å²) in [6, 6.07) is 14.8. The van der Waals surface area contributed by atoms with Gasteiger partial charge in [0.2, 0.25) is 11.8 Å². The number of allylic oxidation sites excluding steroid dienone is 2. The second kappa shape index (κ2) is 20.3. The number of nitrogens with one attached hydrogen (secondary N) is 1. The molecule has 3 N–H and O–H groups in total. The number of benzene rings is 2. The van der Waals surface area contributed by atoms with Crippen molar-refractivity contribution in [1.82, 2.24) is 14.6 Å². The van der Waals surface area contributed by atoms with E-state index in [2.05, 4.69) is 40.3 Å². The molecule has 2 aliphatic heterocycles. The number of aliphatic imine (C=N–C) groups is 1. The molecule has 0 bridgehead atoms. The summed E-state index contributed by atoms with van der Waals surface area (Å²) in [4.78, 5) is 63.3. The summed E-state index contributed by atoms with van der Waals surface area (Å²) in [6.07, 6.45) is 16.9. The number of thiazole rings is 1. The molecule has 1 saturated heterocycles. The molecule has 1 aromatic heterocycles. The Labute approximate surface area is 382 Å². The number of unbranched alkanes of at least 4 members (excludes halogenated alkanes) is 3. The van der Waals surface area contributed by atoms with E-state index in [0.717, 1.165) is 78.1 Å². The van der Waals surface area contributed by atoms with Crippen LogP contribution in [0.3, 0.4) is 0 Å². The normalized spacial score (nSPS) is 23.8. The third-order valence-electron chi connectivity index (χ3n) is 13.6. The lowest BCUT2D eigenvalue weighted by Gasteiger charge is -2.28. The molecule has 3 heterocycles. The van der Waals surface area contributed by atoms with Crippen LogP contribution in [0.15, 0.2) is 71.1 Å². The number of nitrogens with two attached hydrogens (primary N) is 1. The fourth-order valence-corrected chi connectivity index (χ4v) is 11.6. The van der Waals surface area contributed by atoms with Crippen LogP contribution in [0.25, 0.3) is 10.6 Å². The maximum absolute atomic E-state index is 14.4. The van der Waals surface area contributed by atoms with E-state index in [4.69, 9.17) is 30.3 Å². The highest BCUT2D eigenvalue weighted by molar-refractivity contribution is 8.00. The molecular weight excluding hydrogens is 849 g/mol. The number of hydrogen-bond acceptors (Lipinski definition) is 11. The number of para-hydroxylation sites is 2. The lowest BCUT2D eigenvalue weighted by atomic mass is 9.86. The fourth-order valence-electron chi connectivity index (χ4n) is 9.24. The van der Waals surface area contributed by atoms with E-state index in [0.29, 0.717) is 37.6 Å². The standard InChI is InChI=1S/C49H64N6O7S2/c1-4-55(37-21-13-9-14-22-37)62-61-42(24-15-7-5-6-12-19-34-28-40(34)46(57)53-64(3,59)49(2)25-26-49)48(58)54-31-38(30-41(54)45(50)56)60-43-29-35-20-16-23-39(44(35)52-43)47-51-36(32-63-47)27-33-17-10-8-11-18-33/h9,12-14,16,19-23,32-34,38,40-42H,3-8,10-11,15,17-18,24-31H2,1-2H3,(H2,50,56)(H,53,57,59)/b19-12-/t34?,38-,40?,41?,42-,64?/m1/s1. The molecule has 64 heavy (non-hydrogen) atoms. The van der Waals surface area contributed by atoms with Crippen molar-refractivity contribution in [2.75, 3.05) is 18.2 Å². The van der Waals surface area contributed by atoms with Crippen molar-refractivity contribution in [3.8, 4) is 10.6 Å². The molecule has 6 atom stereocenters. The summed E-state index contributed by atoms with van der Waals surface area (Å²) < 4.78 is 21.8. The molecule has 0 radical (unpaired) electrons. The molecule has 4 fully saturated rings. The SMILES string of the molecule is C=S(=O)(NC(=O)C1CC1/C=C\CCCCC[C@@H](OON(CC)c1ccccc1)C(=O)N1C[C@H](OC2=Nc3c(cccc3-c3nc(CC4CCCCC4)cs3)C2)CC1C(N)=O)C1(C)CC1. The van der Waals surface area contributed by atoms with Crippen molar-refractivity contribution in [2.45, 2.75) is 140 Å². The number of anilines is 1. The van der Waals surface area contributed by atoms with E-state index in [-0.39, 0.29) is 41.4 Å². The minimum absolute atomic E-state index is 0.147. The summed E-state index contributed by atoms with van der Waals surface area (Å²) in [7, 11) is -2.64. The van der Waals surface area contributed by atoms with Gasteiger partial charge in [-0.3, -0.25) is 19.1 Å². The zero-order valence-corrected chi connectivity index (χ0v) is 38.9. The van der Waals surface area contributed by atoms with Gasteiger partial charge in [-0.1, -0.05) is 87.4 Å². The first-order chi connectivity index (χ1) is 30.9. The van der Waals surface area contributed by atoms with E-state index < -0.39 is 33.9 Å². The first-order valence-electron chi connectivity index (χ1n) is 23.3. The highest BCUT2D eigenvalue weighted by Crippen LogP contribution is 2.45. The summed E-state index contributed by atoms with van der Waals surface area (Å²) >= 11 is 1.66. The van der Waals surface area contributed by atoms with Gasteiger partial charge in [-0.2, -0.15) is 4.89 Å². The molecule has 2 aromatic carbocycles. The van der Waals surface area contributed by atoms with Crippen LogP contribution in [0.2, 0.25) is 0 Å². The first-order valence-corrected chi connectivity index (χ1v) is 25.9. The van der Waals surface area contributed by atoms with E-state index in [9.17, 15) is 18.6 Å². The molecule has 15 heteroatoms. The molecule has 13 nitrogen and oxygen atoms in total.